The minimum Gasteiger partial charge on any atom is -0.462 e. The van der Waals surface area contributed by atoms with Gasteiger partial charge in [0.2, 0.25) is 0 Å². The first-order valence-electron chi connectivity index (χ1n) is 36.5. The second-order valence-electron chi connectivity index (χ2n) is 25.2. The fraction of sp³-hybridized carbons (Fsp3) is 0.959. The molecule has 0 saturated carbocycles. The van der Waals surface area contributed by atoms with Crippen LogP contribution in [0.15, 0.2) is 0 Å². The van der Waals surface area contributed by atoms with Crippen LogP contribution in [0.25, 0.3) is 0 Å². The lowest BCUT2D eigenvalue weighted by Gasteiger charge is -2.18. The van der Waals surface area contributed by atoms with Crippen molar-refractivity contribution in [3.8, 4) is 0 Å². The molecule has 0 aromatic heterocycles. The summed E-state index contributed by atoms with van der Waals surface area (Å²) < 4.78 is 17.0. The number of rotatable bonds is 69. The van der Waals surface area contributed by atoms with Crippen molar-refractivity contribution < 1.29 is 28.6 Å². The van der Waals surface area contributed by atoms with Gasteiger partial charge in [0.05, 0.1) is 0 Å². The third-order valence-electron chi connectivity index (χ3n) is 17.1. The molecule has 0 bridgehead atoms. The molecule has 79 heavy (non-hydrogen) atoms. The van der Waals surface area contributed by atoms with Crippen molar-refractivity contribution in [2.24, 2.45) is 0 Å². The molecule has 6 nitrogen and oxygen atoms in total. The lowest BCUT2D eigenvalue weighted by atomic mass is 10.0. The Balaban J connectivity index is 4.26. The van der Waals surface area contributed by atoms with E-state index < -0.39 is 6.10 Å². The van der Waals surface area contributed by atoms with E-state index in [1.165, 1.54) is 334 Å². The standard InChI is InChI=1S/C73H142O6/c1-4-7-10-13-16-19-22-25-28-31-34-36-37-40-42-45-48-51-54-57-60-63-66-72(75)78-69-70(68-77-71(74)65-62-59-56-53-50-47-44-41-38-33-30-27-24-21-18-15-12-9-6-3)79-73(76)67-64-61-58-55-52-49-46-43-39-35-32-29-26-23-20-17-14-11-8-5-2/h70H,4-69H2,1-3H3. The average Bonchev–Trinajstić information content (AvgIpc) is 3.45. The number of hydrogen-bond donors (Lipinski definition) is 0. The van der Waals surface area contributed by atoms with Crippen molar-refractivity contribution in [3.63, 3.8) is 0 Å². The van der Waals surface area contributed by atoms with Gasteiger partial charge in [0, 0.05) is 19.3 Å². The Hall–Kier alpha value is -1.59. The summed E-state index contributed by atoms with van der Waals surface area (Å²) in [7, 11) is 0. The van der Waals surface area contributed by atoms with Crippen LogP contribution in [0.4, 0.5) is 0 Å². The van der Waals surface area contributed by atoms with Crippen LogP contribution in [0.3, 0.4) is 0 Å². The van der Waals surface area contributed by atoms with Crippen molar-refractivity contribution in [2.45, 2.75) is 438 Å². The number of ether oxygens (including phenoxy) is 3. The molecule has 0 amide bonds. The number of hydrogen-bond acceptors (Lipinski definition) is 6. The molecule has 0 aromatic rings. The van der Waals surface area contributed by atoms with Gasteiger partial charge < -0.3 is 14.2 Å². The lowest BCUT2D eigenvalue weighted by Crippen LogP contribution is -2.30. The zero-order valence-electron chi connectivity index (χ0n) is 54.2. The number of unbranched alkanes of at least 4 members (excludes halogenated alkanes) is 58. The molecule has 0 saturated heterocycles. The summed E-state index contributed by atoms with van der Waals surface area (Å²) in [5, 5.41) is 0. The highest BCUT2D eigenvalue weighted by molar-refractivity contribution is 5.71. The molecule has 0 spiro atoms. The van der Waals surface area contributed by atoms with E-state index in [9.17, 15) is 14.4 Å². The van der Waals surface area contributed by atoms with Crippen LogP contribution in [0, 0.1) is 0 Å². The molecule has 470 valence electrons. The van der Waals surface area contributed by atoms with Crippen LogP contribution in [0.2, 0.25) is 0 Å². The average molecular weight is 1120 g/mol. The quantitative estimate of drug-likeness (QED) is 0.0343. The Labute approximate surface area is 495 Å². The van der Waals surface area contributed by atoms with Gasteiger partial charge in [-0.05, 0) is 19.3 Å². The summed E-state index contributed by atoms with van der Waals surface area (Å²) >= 11 is 0. The maximum absolute atomic E-state index is 13.0. The second kappa shape index (κ2) is 68.9. The second-order valence-corrected chi connectivity index (χ2v) is 25.2. The van der Waals surface area contributed by atoms with Crippen molar-refractivity contribution in [1.82, 2.24) is 0 Å². The minimum atomic E-state index is -0.764. The van der Waals surface area contributed by atoms with Gasteiger partial charge in [0.15, 0.2) is 6.10 Å². The van der Waals surface area contributed by atoms with Gasteiger partial charge in [-0.2, -0.15) is 0 Å². The fourth-order valence-electron chi connectivity index (χ4n) is 11.6. The first-order chi connectivity index (χ1) is 39.0. The molecule has 0 aliphatic rings. The highest BCUT2D eigenvalue weighted by atomic mass is 16.6. The lowest BCUT2D eigenvalue weighted by molar-refractivity contribution is -0.167. The van der Waals surface area contributed by atoms with E-state index in [4.69, 9.17) is 14.2 Å². The topological polar surface area (TPSA) is 78.9 Å². The van der Waals surface area contributed by atoms with E-state index in [0.29, 0.717) is 19.3 Å². The van der Waals surface area contributed by atoms with Crippen LogP contribution in [-0.4, -0.2) is 37.2 Å². The number of carbonyl (C=O) groups is 3. The Kier molecular flexibility index (Phi) is 67.5. The Bertz CT molecular complexity index is 1190. The van der Waals surface area contributed by atoms with Gasteiger partial charge in [0.1, 0.15) is 13.2 Å². The molecule has 1 unspecified atom stereocenters. The highest BCUT2D eigenvalue weighted by Gasteiger charge is 2.20. The van der Waals surface area contributed by atoms with E-state index in [2.05, 4.69) is 20.8 Å². The van der Waals surface area contributed by atoms with Gasteiger partial charge in [-0.3, -0.25) is 14.4 Å². The summed E-state index contributed by atoms with van der Waals surface area (Å²) in [5.74, 6) is -0.815. The molecule has 6 heteroatoms. The largest absolute Gasteiger partial charge is 0.462 e. The number of esters is 3. The van der Waals surface area contributed by atoms with Crippen molar-refractivity contribution in [2.75, 3.05) is 13.2 Å². The first-order valence-corrected chi connectivity index (χ1v) is 36.5. The third-order valence-corrected chi connectivity index (χ3v) is 17.1. The predicted octanol–water partition coefficient (Wildman–Crippen LogP) is 25.0. The van der Waals surface area contributed by atoms with Gasteiger partial charge in [-0.1, -0.05) is 393 Å². The van der Waals surface area contributed by atoms with E-state index >= 15 is 0 Å². The summed E-state index contributed by atoms with van der Waals surface area (Å²) in [5.41, 5.74) is 0. The fourth-order valence-corrected chi connectivity index (χ4v) is 11.6. The van der Waals surface area contributed by atoms with Gasteiger partial charge in [0.25, 0.3) is 0 Å². The van der Waals surface area contributed by atoms with E-state index in [-0.39, 0.29) is 31.1 Å². The zero-order chi connectivity index (χ0) is 57.1. The molecule has 0 fully saturated rings. The molecule has 0 aliphatic heterocycles. The summed E-state index contributed by atoms with van der Waals surface area (Å²) in [6, 6.07) is 0. The molecule has 0 radical (unpaired) electrons. The van der Waals surface area contributed by atoms with E-state index in [1.54, 1.807) is 0 Å². The highest BCUT2D eigenvalue weighted by Crippen LogP contribution is 2.20. The summed E-state index contributed by atoms with van der Waals surface area (Å²) in [6.07, 6.45) is 81.3. The minimum absolute atomic E-state index is 0.0599. The van der Waals surface area contributed by atoms with Crippen molar-refractivity contribution in [3.05, 3.63) is 0 Å². The molecular formula is C73H142O6. The van der Waals surface area contributed by atoms with Crippen molar-refractivity contribution in [1.29, 1.82) is 0 Å². The predicted molar refractivity (Wildman–Crippen MR) is 344 cm³/mol. The van der Waals surface area contributed by atoms with Gasteiger partial charge in [-0.25, -0.2) is 0 Å². The molecule has 0 heterocycles. The third kappa shape index (κ3) is 67.1. The zero-order valence-corrected chi connectivity index (χ0v) is 54.2. The summed E-state index contributed by atoms with van der Waals surface area (Å²) in [6.45, 7) is 6.76. The number of carbonyl (C=O) groups excluding carboxylic acids is 3. The monoisotopic (exact) mass is 1120 g/mol. The maximum atomic E-state index is 13.0. The van der Waals surface area contributed by atoms with Gasteiger partial charge >= 0.3 is 17.9 Å². The molecule has 0 aromatic carbocycles. The Morgan fingerprint density at radius 2 is 0.342 bits per heavy atom. The maximum Gasteiger partial charge on any atom is 0.306 e. The molecule has 0 rings (SSSR count). The smallest absolute Gasteiger partial charge is 0.306 e. The Morgan fingerprint density at radius 1 is 0.203 bits per heavy atom. The first kappa shape index (κ1) is 77.4. The normalized spacial score (nSPS) is 11.9. The SMILES string of the molecule is CCCCCCCCCCCCCCCCCCCCCCCCC(=O)OCC(COC(=O)CCCCCCCCCCCCCCCCCCCCC)OC(=O)CCCCCCCCCCCCCCCCCCCCCC. The summed E-state index contributed by atoms with van der Waals surface area (Å²) in [4.78, 5) is 38.5. The van der Waals surface area contributed by atoms with Crippen LogP contribution in [0.1, 0.15) is 432 Å². The molecule has 0 aliphatic carbocycles. The van der Waals surface area contributed by atoms with Gasteiger partial charge in [-0.15, -0.1) is 0 Å². The van der Waals surface area contributed by atoms with Crippen LogP contribution < -0.4 is 0 Å². The van der Waals surface area contributed by atoms with E-state index in [0.717, 1.165) is 57.8 Å². The van der Waals surface area contributed by atoms with Crippen molar-refractivity contribution >= 4 is 17.9 Å². The van der Waals surface area contributed by atoms with Crippen LogP contribution in [-0.2, 0) is 28.6 Å². The van der Waals surface area contributed by atoms with E-state index in [1.807, 2.05) is 0 Å². The molecule has 1 atom stereocenters. The Morgan fingerprint density at radius 3 is 0.506 bits per heavy atom. The van der Waals surface area contributed by atoms with Crippen LogP contribution >= 0.6 is 0 Å². The molecular weight excluding hydrogens is 973 g/mol. The molecule has 0 N–H and O–H groups in total. The van der Waals surface area contributed by atoms with Crippen LogP contribution in [0.5, 0.6) is 0 Å².